The highest BCUT2D eigenvalue weighted by molar-refractivity contribution is 5.82. The summed E-state index contributed by atoms with van der Waals surface area (Å²) in [6.07, 6.45) is -2.01. The summed E-state index contributed by atoms with van der Waals surface area (Å²) >= 11 is 0. The maximum Gasteiger partial charge on any atom is 0.407 e. The minimum atomic E-state index is -1.62. The maximum absolute atomic E-state index is 11.7. The van der Waals surface area contributed by atoms with Crippen LogP contribution in [0.25, 0.3) is 0 Å². The molecule has 0 spiro atoms. The zero-order valence-electron chi connectivity index (χ0n) is 23.1. The average Bonchev–Trinajstić information content (AvgIpc) is 2.69. The number of ether oxygens (including phenoxy) is 2. The smallest absolute Gasteiger partial charge is 0.407 e. The molecule has 0 aliphatic carbocycles. The van der Waals surface area contributed by atoms with E-state index in [4.69, 9.17) is 14.6 Å². The van der Waals surface area contributed by atoms with Gasteiger partial charge in [0.25, 0.3) is 5.91 Å². The highest BCUT2D eigenvalue weighted by Gasteiger charge is 2.29. The lowest BCUT2D eigenvalue weighted by Crippen LogP contribution is -2.51. The van der Waals surface area contributed by atoms with E-state index in [1.807, 2.05) is 13.8 Å². The third kappa shape index (κ3) is 17.8. The van der Waals surface area contributed by atoms with Crippen LogP contribution in [0.15, 0.2) is 0 Å². The van der Waals surface area contributed by atoms with Crippen molar-refractivity contribution in [1.82, 2.24) is 16.0 Å². The normalized spacial score (nSPS) is 14.6. The Kier molecular flexibility index (Phi) is 16.8. The second kappa shape index (κ2) is 17.0. The summed E-state index contributed by atoms with van der Waals surface area (Å²) in [4.78, 5) is 45.3. The van der Waals surface area contributed by atoms with Crippen molar-refractivity contribution in [1.29, 1.82) is 0 Å². The van der Waals surface area contributed by atoms with E-state index in [1.54, 1.807) is 48.5 Å². The van der Waals surface area contributed by atoms with Crippen LogP contribution in [0.4, 0.5) is 9.59 Å². The summed E-state index contributed by atoms with van der Waals surface area (Å²) in [5, 5.41) is 35.4. The number of carbonyl (C=O) groups excluding carboxylic acids is 3. The van der Waals surface area contributed by atoms with Crippen LogP contribution in [0.2, 0.25) is 0 Å². The van der Waals surface area contributed by atoms with Crippen molar-refractivity contribution in [2.24, 2.45) is 0 Å². The molecule has 0 aliphatic rings. The SMILES string of the molecule is CCCC(NC(=O)OC(C)(C)C)C(O)C(=O)NCC.CCCC(NC(=O)OC(C)(C)C)C(O)C(=O)O. The number of amides is 3. The van der Waals surface area contributed by atoms with Gasteiger partial charge in [0.05, 0.1) is 12.1 Å². The van der Waals surface area contributed by atoms with Gasteiger partial charge in [0.15, 0.2) is 12.2 Å². The average molecular weight is 522 g/mol. The molecule has 12 heteroatoms. The Morgan fingerprint density at radius 3 is 1.36 bits per heavy atom. The number of aliphatic carboxylic acids is 1. The number of likely N-dealkylation sites (N-methyl/N-ethyl adjacent to an activating group) is 1. The first kappa shape index (κ1) is 35.6. The Morgan fingerprint density at radius 2 is 1.08 bits per heavy atom. The van der Waals surface area contributed by atoms with E-state index in [-0.39, 0.29) is 0 Å². The topological polar surface area (TPSA) is 184 Å². The van der Waals surface area contributed by atoms with Gasteiger partial charge in [-0.25, -0.2) is 14.4 Å². The fourth-order valence-electron chi connectivity index (χ4n) is 2.79. The molecule has 0 bridgehead atoms. The number of carboxylic acid groups (broad SMARTS) is 1. The number of hydrogen-bond donors (Lipinski definition) is 6. The molecule has 4 unspecified atom stereocenters. The van der Waals surface area contributed by atoms with Crippen molar-refractivity contribution in [2.45, 2.75) is 123 Å². The van der Waals surface area contributed by atoms with E-state index in [0.29, 0.717) is 25.8 Å². The molecule has 0 radical (unpaired) electrons. The van der Waals surface area contributed by atoms with Crippen LogP contribution in [-0.2, 0) is 19.1 Å². The summed E-state index contributed by atoms with van der Waals surface area (Å²) in [5.41, 5.74) is -1.27. The van der Waals surface area contributed by atoms with Crippen molar-refractivity contribution < 1.29 is 44.0 Å². The van der Waals surface area contributed by atoms with E-state index in [2.05, 4.69) is 16.0 Å². The molecule has 0 saturated heterocycles. The Bertz CT molecular complexity index is 687. The zero-order chi connectivity index (χ0) is 28.7. The number of aliphatic hydroxyl groups excluding tert-OH is 2. The lowest BCUT2D eigenvalue weighted by atomic mass is 10.1. The number of carboxylic acids is 1. The number of carbonyl (C=O) groups is 4. The molecular weight excluding hydrogens is 474 g/mol. The highest BCUT2D eigenvalue weighted by Crippen LogP contribution is 2.10. The van der Waals surface area contributed by atoms with Crippen LogP contribution in [0, 0.1) is 0 Å². The molecule has 0 fully saturated rings. The van der Waals surface area contributed by atoms with E-state index >= 15 is 0 Å². The maximum atomic E-state index is 11.7. The lowest BCUT2D eigenvalue weighted by Gasteiger charge is -2.25. The van der Waals surface area contributed by atoms with Gasteiger partial charge in [-0.05, 0) is 61.3 Å². The van der Waals surface area contributed by atoms with E-state index in [1.165, 1.54) is 0 Å². The quantitative estimate of drug-likeness (QED) is 0.237. The fourth-order valence-corrected chi connectivity index (χ4v) is 2.79. The summed E-state index contributed by atoms with van der Waals surface area (Å²) in [6, 6.07) is -1.49. The molecule has 36 heavy (non-hydrogen) atoms. The molecule has 6 N–H and O–H groups in total. The third-order valence-electron chi connectivity index (χ3n) is 4.24. The first-order chi connectivity index (χ1) is 16.4. The molecule has 0 aliphatic heterocycles. The van der Waals surface area contributed by atoms with Gasteiger partial charge in [-0.1, -0.05) is 26.7 Å². The van der Waals surface area contributed by atoms with Crippen LogP contribution >= 0.6 is 0 Å². The summed E-state index contributed by atoms with van der Waals surface area (Å²) in [5.74, 6) is -1.85. The largest absolute Gasteiger partial charge is 0.479 e. The monoisotopic (exact) mass is 521 g/mol. The van der Waals surface area contributed by atoms with E-state index < -0.39 is 59.6 Å². The summed E-state index contributed by atoms with van der Waals surface area (Å²) < 4.78 is 10.1. The molecular formula is C24H47N3O9. The lowest BCUT2D eigenvalue weighted by molar-refractivity contribution is -0.148. The van der Waals surface area contributed by atoms with Gasteiger partial charge in [-0.15, -0.1) is 0 Å². The molecule has 0 heterocycles. The zero-order valence-corrected chi connectivity index (χ0v) is 23.1. The molecule has 3 amide bonds. The third-order valence-corrected chi connectivity index (χ3v) is 4.24. The molecule has 0 aromatic rings. The predicted octanol–water partition coefficient (Wildman–Crippen LogP) is 2.30. The molecule has 0 saturated carbocycles. The fraction of sp³-hybridized carbons (Fsp3) is 0.833. The minimum Gasteiger partial charge on any atom is -0.479 e. The highest BCUT2D eigenvalue weighted by atomic mass is 16.6. The van der Waals surface area contributed by atoms with Gasteiger partial charge in [0.1, 0.15) is 11.2 Å². The molecule has 212 valence electrons. The second-order valence-electron chi connectivity index (χ2n) is 10.2. The van der Waals surface area contributed by atoms with E-state index in [9.17, 15) is 29.4 Å². The van der Waals surface area contributed by atoms with Gasteiger partial charge >= 0.3 is 18.2 Å². The van der Waals surface area contributed by atoms with Gasteiger partial charge < -0.3 is 40.7 Å². The predicted molar refractivity (Wildman–Crippen MR) is 134 cm³/mol. The molecule has 0 rings (SSSR count). The Balaban J connectivity index is 0. The van der Waals surface area contributed by atoms with Crippen LogP contribution in [0.1, 0.15) is 88.0 Å². The first-order valence-corrected chi connectivity index (χ1v) is 12.2. The van der Waals surface area contributed by atoms with Gasteiger partial charge in [-0.3, -0.25) is 4.79 Å². The van der Waals surface area contributed by atoms with Crippen LogP contribution in [0.3, 0.4) is 0 Å². The molecule has 0 aromatic carbocycles. The van der Waals surface area contributed by atoms with Crippen molar-refractivity contribution >= 4 is 24.1 Å². The number of hydrogen-bond acceptors (Lipinski definition) is 8. The Morgan fingerprint density at radius 1 is 0.722 bits per heavy atom. The molecule has 12 nitrogen and oxygen atoms in total. The molecule has 4 atom stereocenters. The number of aliphatic hydroxyl groups is 2. The van der Waals surface area contributed by atoms with Crippen LogP contribution in [0.5, 0.6) is 0 Å². The van der Waals surface area contributed by atoms with Crippen molar-refractivity contribution in [2.75, 3.05) is 6.54 Å². The van der Waals surface area contributed by atoms with Crippen molar-refractivity contribution in [3.05, 3.63) is 0 Å². The first-order valence-electron chi connectivity index (χ1n) is 12.2. The van der Waals surface area contributed by atoms with E-state index in [0.717, 1.165) is 6.42 Å². The Labute approximate surface area is 214 Å². The number of nitrogens with one attached hydrogen (secondary N) is 3. The summed E-state index contributed by atoms with van der Waals surface area (Å²) in [7, 11) is 0. The minimum absolute atomic E-state index is 0.368. The van der Waals surface area contributed by atoms with Crippen molar-refractivity contribution in [3.63, 3.8) is 0 Å². The van der Waals surface area contributed by atoms with Gasteiger partial charge in [0, 0.05) is 6.54 Å². The van der Waals surface area contributed by atoms with Crippen LogP contribution < -0.4 is 16.0 Å². The standard InChI is InChI=1S/C13H26N2O4.C11H21NO5/c1-6-8-9(10(16)11(17)14-7-2)15-12(18)19-13(3,4)5;1-5-6-7(8(13)9(14)15)12-10(16)17-11(2,3)4/h9-10,16H,6-8H2,1-5H3,(H,14,17)(H,15,18);7-8,13H,5-6H2,1-4H3,(H,12,16)(H,14,15). The number of alkyl carbamates (subject to hydrolysis) is 2. The van der Waals surface area contributed by atoms with Gasteiger partial charge in [-0.2, -0.15) is 0 Å². The Hall–Kier alpha value is -2.60. The van der Waals surface area contributed by atoms with Gasteiger partial charge in [0.2, 0.25) is 0 Å². The summed E-state index contributed by atoms with van der Waals surface area (Å²) in [6.45, 7) is 16.3. The second-order valence-corrected chi connectivity index (χ2v) is 10.2. The number of rotatable bonds is 11. The molecule has 0 aromatic heterocycles. The van der Waals surface area contributed by atoms with Crippen LogP contribution in [-0.4, -0.2) is 81.4 Å². The van der Waals surface area contributed by atoms with Crippen molar-refractivity contribution in [3.8, 4) is 0 Å².